The summed E-state index contributed by atoms with van der Waals surface area (Å²) in [5.41, 5.74) is 3.65. The summed E-state index contributed by atoms with van der Waals surface area (Å²) >= 11 is 6.30. The highest BCUT2D eigenvalue weighted by Crippen LogP contribution is 2.36. The van der Waals surface area contributed by atoms with Crippen LogP contribution < -0.4 is 15.3 Å². The topological polar surface area (TPSA) is 42.7 Å². The van der Waals surface area contributed by atoms with Gasteiger partial charge in [-0.2, -0.15) is 0 Å². The number of aryl methyl sites for hydroxylation is 1. The Kier molecular flexibility index (Phi) is 3.50. The predicted molar refractivity (Wildman–Crippen MR) is 95.1 cm³/mol. The standard InChI is InChI=1S/C19H16ClNO3/c1-11-12(2)19(22)24-18-13(11)7-8-17-14(18)9-21(10-23-17)16-6-4-3-5-15(16)20/h3-8H,9-10H2,1-2H3. The Morgan fingerprint density at radius 1 is 1.08 bits per heavy atom. The first kappa shape index (κ1) is 15.1. The number of hydrogen-bond acceptors (Lipinski definition) is 4. The molecule has 2 aromatic carbocycles. The SMILES string of the molecule is Cc1c(C)c2ccc3c(c2oc1=O)CN(c1ccccc1Cl)CO3. The number of hydrogen-bond donors (Lipinski definition) is 0. The minimum atomic E-state index is -0.303. The molecule has 0 atom stereocenters. The van der Waals surface area contributed by atoms with E-state index in [0.717, 1.165) is 28.0 Å². The van der Waals surface area contributed by atoms with E-state index < -0.39 is 0 Å². The molecule has 122 valence electrons. The molecule has 0 radical (unpaired) electrons. The molecule has 5 heteroatoms. The molecule has 0 aliphatic carbocycles. The molecule has 0 unspecified atom stereocenters. The van der Waals surface area contributed by atoms with Crippen LogP contribution in [0.3, 0.4) is 0 Å². The third kappa shape index (κ3) is 2.26. The largest absolute Gasteiger partial charge is 0.473 e. The maximum atomic E-state index is 12.1. The fourth-order valence-corrected chi connectivity index (χ4v) is 3.33. The van der Waals surface area contributed by atoms with Gasteiger partial charge in [0.05, 0.1) is 22.8 Å². The fraction of sp³-hybridized carbons (Fsp3) is 0.211. The van der Waals surface area contributed by atoms with Crippen molar-refractivity contribution in [3.63, 3.8) is 0 Å². The molecule has 3 aromatic rings. The van der Waals surface area contributed by atoms with Crippen LogP contribution in [0.25, 0.3) is 11.0 Å². The zero-order valence-corrected chi connectivity index (χ0v) is 14.2. The Labute approximate surface area is 144 Å². The number of halogens is 1. The van der Waals surface area contributed by atoms with Gasteiger partial charge in [-0.05, 0) is 43.7 Å². The number of ether oxygens (including phenoxy) is 1. The van der Waals surface area contributed by atoms with Crippen LogP contribution in [0.2, 0.25) is 5.02 Å². The summed E-state index contributed by atoms with van der Waals surface area (Å²) in [4.78, 5) is 14.1. The second-order valence-corrected chi connectivity index (χ2v) is 6.39. The van der Waals surface area contributed by atoms with E-state index >= 15 is 0 Å². The maximum absolute atomic E-state index is 12.1. The lowest BCUT2D eigenvalue weighted by molar-refractivity contribution is 0.289. The predicted octanol–water partition coefficient (Wildman–Crippen LogP) is 4.42. The molecule has 0 saturated heterocycles. The van der Waals surface area contributed by atoms with Gasteiger partial charge in [-0.25, -0.2) is 4.79 Å². The van der Waals surface area contributed by atoms with Gasteiger partial charge in [0.1, 0.15) is 11.3 Å². The van der Waals surface area contributed by atoms with E-state index in [4.69, 9.17) is 20.8 Å². The lowest BCUT2D eigenvalue weighted by Crippen LogP contribution is -2.32. The maximum Gasteiger partial charge on any atom is 0.339 e. The van der Waals surface area contributed by atoms with Crippen LogP contribution in [-0.2, 0) is 6.54 Å². The normalized spacial score (nSPS) is 13.7. The van der Waals surface area contributed by atoms with E-state index in [1.54, 1.807) is 6.92 Å². The quantitative estimate of drug-likeness (QED) is 0.614. The Morgan fingerprint density at radius 2 is 1.88 bits per heavy atom. The van der Waals surface area contributed by atoms with Gasteiger partial charge in [-0.1, -0.05) is 23.7 Å². The van der Waals surface area contributed by atoms with E-state index in [1.165, 1.54) is 0 Å². The molecule has 0 spiro atoms. The van der Waals surface area contributed by atoms with Gasteiger partial charge in [0.15, 0.2) is 6.73 Å². The fourth-order valence-electron chi connectivity index (χ4n) is 3.08. The second kappa shape index (κ2) is 5.56. The first-order valence-corrected chi connectivity index (χ1v) is 8.12. The van der Waals surface area contributed by atoms with Crippen LogP contribution in [0.4, 0.5) is 5.69 Å². The lowest BCUT2D eigenvalue weighted by atomic mass is 10.0. The molecule has 0 N–H and O–H groups in total. The minimum absolute atomic E-state index is 0.303. The summed E-state index contributed by atoms with van der Waals surface area (Å²) < 4.78 is 11.5. The van der Waals surface area contributed by atoms with Gasteiger partial charge in [-0.15, -0.1) is 0 Å². The van der Waals surface area contributed by atoms with E-state index in [2.05, 4.69) is 0 Å². The van der Waals surface area contributed by atoms with Gasteiger partial charge in [0.25, 0.3) is 0 Å². The van der Waals surface area contributed by atoms with Crippen molar-refractivity contribution in [3.05, 3.63) is 68.5 Å². The molecule has 0 amide bonds. The number of fused-ring (bicyclic) bond motifs is 3. The average Bonchev–Trinajstić information content (AvgIpc) is 2.60. The van der Waals surface area contributed by atoms with Crippen LogP contribution in [0.5, 0.6) is 5.75 Å². The van der Waals surface area contributed by atoms with Crippen molar-refractivity contribution in [1.29, 1.82) is 0 Å². The number of anilines is 1. The molecule has 0 saturated carbocycles. The van der Waals surface area contributed by atoms with Crippen molar-refractivity contribution in [1.82, 2.24) is 0 Å². The van der Waals surface area contributed by atoms with Crippen LogP contribution in [0.15, 0.2) is 45.6 Å². The van der Waals surface area contributed by atoms with Crippen LogP contribution in [-0.4, -0.2) is 6.73 Å². The summed E-state index contributed by atoms with van der Waals surface area (Å²) in [5, 5.41) is 1.61. The van der Waals surface area contributed by atoms with Gasteiger partial charge in [-0.3, -0.25) is 0 Å². The Balaban J connectivity index is 1.88. The van der Waals surface area contributed by atoms with Crippen LogP contribution in [0.1, 0.15) is 16.7 Å². The van der Waals surface area contributed by atoms with Crippen LogP contribution in [0, 0.1) is 13.8 Å². The van der Waals surface area contributed by atoms with E-state index in [1.807, 2.05) is 48.2 Å². The van der Waals surface area contributed by atoms with E-state index in [9.17, 15) is 4.79 Å². The van der Waals surface area contributed by atoms with Gasteiger partial charge in [0.2, 0.25) is 0 Å². The first-order chi connectivity index (χ1) is 11.6. The monoisotopic (exact) mass is 341 g/mol. The van der Waals surface area contributed by atoms with Gasteiger partial charge < -0.3 is 14.1 Å². The van der Waals surface area contributed by atoms with Crippen molar-refractivity contribution in [2.75, 3.05) is 11.6 Å². The van der Waals surface area contributed by atoms with E-state index in [-0.39, 0.29) is 5.63 Å². The zero-order chi connectivity index (χ0) is 16.8. The third-order valence-corrected chi connectivity index (χ3v) is 4.92. The Morgan fingerprint density at radius 3 is 2.67 bits per heavy atom. The average molecular weight is 342 g/mol. The van der Waals surface area contributed by atoms with Gasteiger partial charge >= 0.3 is 5.63 Å². The number of para-hydroxylation sites is 1. The van der Waals surface area contributed by atoms with Crippen molar-refractivity contribution in [2.24, 2.45) is 0 Å². The van der Waals surface area contributed by atoms with Crippen molar-refractivity contribution >= 4 is 28.3 Å². The molecule has 1 aliphatic rings. The molecule has 24 heavy (non-hydrogen) atoms. The molecule has 1 aliphatic heterocycles. The third-order valence-electron chi connectivity index (χ3n) is 4.60. The van der Waals surface area contributed by atoms with Crippen molar-refractivity contribution < 1.29 is 9.15 Å². The molecular weight excluding hydrogens is 326 g/mol. The van der Waals surface area contributed by atoms with Crippen LogP contribution >= 0.6 is 11.6 Å². The second-order valence-electron chi connectivity index (χ2n) is 5.98. The molecule has 4 rings (SSSR count). The number of rotatable bonds is 1. The molecular formula is C19H16ClNO3. The molecule has 1 aromatic heterocycles. The van der Waals surface area contributed by atoms with Crippen molar-refractivity contribution in [2.45, 2.75) is 20.4 Å². The number of benzene rings is 2. The highest BCUT2D eigenvalue weighted by molar-refractivity contribution is 6.33. The Hall–Kier alpha value is -2.46. The van der Waals surface area contributed by atoms with Gasteiger partial charge in [0, 0.05) is 10.9 Å². The summed E-state index contributed by atoms with van der Waals surface area (Å²) in [7, 11) is 0. The minimum Gasteiger partial charge on any atom is -0.473 e. The summed E-state index contributed by atoms with van der Waals surface area (Å²) in [6.45, 7) is 4.70. The first-order valence-electron chi connectivity index (χ1n) is 7.74. The lowest BCUT2D eigenvalue weighted by Gasteiger charge is -2.31. The summed E-state index contributed by atoms with van der Waals surface area (Å²) in [5.74, 6) is 0.747. The zero-order valence-electron chi connectivity index (χ0n) is 13.4. The van der Waals surface area contributed by atoms with E-state index in [0.29, 0.717) is 29.4 Å². The highest BCUT2D eigenvalue weighted by atomic mass is 35.5. The molecule has 4 nitrogen and oxygen atoms in total. The molecule has 2 heterocycles. The summed E-state index contributed by atoms with van der Waals surface area (Å²) in [6.07, 6.45) is 0. The Bertz CT molecular complexity index is 1010. The summed E-state index contributed by atoms with van der Waals surface area (Å²) in [6, 6.07) is 11.5. The highest BCUT2D eigenvalue weighted by Gasteiger charge is 2.23. The smallest absolute Gasteiger partial charge is 0.339 e. The molecule has 0 fully saturated rings. The van der Waals surface area contributed by atoms with Crippen molar-refractivity contribution in [3.8, 4) is 5.75 Å². The number of nitrogens with zero attached hydrogens (tertiary/aromatic N) is 1. The molecule has 0 bridgehead atoms.